The van der Waals surface area contributed by atoms with Gasteiger partial charge in [0.25, 0.3) is 0 Å². The molecule has 0 atom stereocenters. The Morgan fingerprint density at radius 1 is 1.19 bits per heavy atom. The van der Waals surface area contributed by atoms with Crippen LogP contribution in [-0.2, 0) is 6.42 Å². The first-order valence-corrected chi connectivity index (χ1v) is 9.75. The Kier molecular flexibility index (Phi) is 6.22. The van der Waals surface area contributed by atoms with Crippen LogP contribution >= 0.6 is 0 Å². The van der Waals surface area contributed by atoms with Gasteiger partial charge in [-0.15, -0.1) is 0 Å². The largest absolute Gasteiger partial charge is 0.370 e. The number of pyridine rings is 2. The van der Waals surface area contributed by atoms with Crippen LogP contribution in [0.25, 0.3) is 5.57 Å². The number of anilines is 2. The molecule has 3 rings (SSSR count). The first-order chi connectivity index (χ1) is 13.1. The zero-order valence-corrected chi connectivity index (χ0v) is 16.5. The normalized spacial score (nSPS) is 14.5. The summed E-state index contributed by atoms with van der Waals surface area (Å²) in [5.74, 6) is 1.71. The van der Waals surface area contributed by atoms with E-state index < -0.39 is 0 Å². The van der Waals surface area contributed by atoms with E-state index in [0.717, 1.165) is 59.3 Å². The van der Waals surface area contributed by atoms with E-state index in [9.17, 15) is 0 Å². The van der Waals surface area contributed by atoms with Gasteiger partial charge in [-0.25, -0.2) is 4.98 Å². The molecule has 1 aliphatic rings. The van der Waals surface area contributed by atoms with E-state index in [4.69, 9.17) is 5.41 Å². The van der Waals surface area contributed by atoms with Gasteiger partial charge in [0.05, 0.1) is 0 Å². The zero-order chi connectivity index (χ0) is 19.2. The standard InChI is InChI=1S/C22H29N5/c1-4-5-19-12-20(10-11-24-19)27-16(3)22(15(2)23)18-8-9-21(26-14-18)25-13-17-6-7-17/h8-12,14,17,23H,4-7,13H2,1-3H3,(H,24,27)(H,25,26)/b22-16+,23-15?. The highest BCUT2D eigenvalue weighted by atomic mass is 15.0. The molecule has 0 bridgehead atoms. The lowest BCUT2D eigenvalue weighted by Crippen LogP contribution is -2.08. The molecule has 2 aromatic heterocycles. The molecule has 2 heterocycles. The Bertz CT molecular complexity index is 819. The highest BCUT2D eigenvalue weighted by Gasteiger charge is 2.20. The van der Waals surface area contributed by atoms with E-state index in [2.05, 4.69) is 33.6 Å². The van der Waals surface area contributed by atoms with Gasteiger partial charge in [-0.1, -0.05) is 13.3 Å². The van der Waals surface area contributed by atoms with Crippen LogP contribution in [0.3, 0.4) is 0 Å². The third kappa shape index (κ3) is 5.39. The van der Waals surface area contributed by atoms with Gasteiger partial charge in [-0.3, -0.25) is 4.98 Å². The molecule has 0 aliphatic heterocycles. The number of nitrogens with one attached hydrogen (secondary N) is 3. The van der Waals surface area contributed by atoms with Crippen LogP contribution in [0.1, 0.15) is 51.3 Å². The van der Waals surface area contributed by atoms with Crippen molar-refractivity contribution in [1.82, 2.24) is 9.97 Å². The fourth-order valence-corrected chi connectivity index (χ4v) is 3.16. The maximum absolute atomic E-state index is 8.24. The number of nitrogens with zero attached hydrogens (tertiary/aromatic N) is 2. The second kappa shape index (κ2) is 8.80. The Morgan fingerprint density at radius 3 is 2.63 bits per heavy atom. The monoisotopic (exact) mass is 363 g/mol. The van der Waals surface area contributed by atoms with E-state index in [1.807, 2.05) is 44.4 Å². The minimum Gasteiger partial charge on any atom is -0.370 e. The van der Waals surface area contributed by atoms with Crippen LogP contribution in [0.5, 0.6) is 0 Å². The van der Waals surface area contributed by atoms with Gasteiger partial charge in [0.2, 0.25) is 0 Å². The van der Waals surface area contributed by atoms with Gasteiger partial charge in [-0.05, 0) is 63.3 Å². The molecule has 0 saturated heterocycles. The van der Waals surface area contributed by atoms with Gasteiger partial charge in [0, 0.05) is 52.9 Å². The summed E-state index contributed by atoms with van der Waals surface area (Å²) in [6, 6.07) is 8.07. The van der Waals surface area contributed by atoms with Gasteiger partial charge in [-0.2, -0.15) is 0 Å². The lowest BCUT2D eigenvalue weighted by Gasteiger charge is -2.15. The Hall–Kier alpha value is -2.69. The predicted octanol–water partition coefficient (Wildman–Crippen LogP) is 5.13. The maximum Gasteiger partial charge on any atom is 0.125 e. The third-order valence-electron chi connectivity index (χ3n) is 4.73. The van der Waals surface area contributed by atoms with Crippen molar-refractivity contribution in [3.05, 3.63) is 53.6 Å². The maximum atomic E-state index is 8.24. The average Bonchev–Trinajstić information content (AvgIpc) is 3.46. The molecular weight excluding hydrogens is 334 g/mol. The molecule has 3 N–H and O–H groups in total. The second-order valence-corrected chi connectivity index (χ2v) is 7.29. The van der Waals surface area contributed by atoms with Crippen molar-refractivity contribution in [2.75, 3.05) is 17.2 Å². The van der Waals surface area contributed by atoms with E-state index in [1.54, 1.807) is 0 Å². The molecule has 1 fully saturated rings. The smallest absolute Gasteiger partial charge is 0.125 e. The minimum atomic E-state index is 0.517. The predicted molar refractivity (Wildman–Crippen MR) is 113 cm³/mol. The average molecular weight is 364 g/mol. The molecular formula is C22H29N5. The van der Waals surface area contributed by atoms with Crippen LogP contribution in [0.15, 0.2) is 42.4 Å². The van der Waals surface area contributed by atoms with E-state index in [0.29, 0.717) is 5.71 Å². The van der Waals surface area contributed by atoms with Gasteiger partial charge in [0.15, 0.2) is 0 Å². The topological polar surface area (TPSA) is 73.7 Å². The highest BCUT2D eigenvalue weighted by molar-refractivity contribution is 6.22. The molecule has 0 radical (unpaired) electrons. The van der Waals surface area contributed by atoms with Crippen LogP contribution in [0.2, 0.25) is 0 Å². The molecule has 2 aromatic rings. The van der Waals surface area contributed by atoms with E-state index in [1.165, 1.54) is 12.8 Å². The summed E-state index contributed by atoms with van der Waals surface area (Å²) in [6.45, 7) is 6.97. The summed E-state index contributed by atoms with van der Waals surface area (Å²) in [4.78, 5) is 8.93. The SMILES string of the molecule is CCCc1cc(N/C(C)=C(\C(C)=N)c2ccc(NCC3CC3)nc2)ccn1. The Morgan fingerprint density at radius 2 is 2.00 bits per heavy atom. The molecule has 27 heavy (non-hydrogen) atoms. The second-order valence-electron chi connectivity index (χ2n) is 7.29. The van der Waals surface area contributed by atoms with Crippen molar-refractivity contribution in [1.29, 1.82) is 5.41 Å². The first kappa shape index (κ1) is 19.1. The van der Waals surface area contributed by atoms with Crippen molar-refractivity contribution in [3.63, 3.8) is 0 Å². The van der Waals surface area contributed by atoms with Crippen molar-refractivity contribution in [3.8, 4) is 0 Å². The van der Waals surface area contributed by atoms with Gasteiger partial charge in [0.1, 0.15) is 5.82 Å². The molecule has 5 heteroatoms. The van der Waals surface area contributed by atoms with Gasteiger partial charge >= 0.3 is 0 Å². The number of hydrogen-bond donors (Lipinski definition) is 3. The number of hydrogen-bond acceptors (Lipinski definition) is 5. The van der Waals surface area contributed by atoms with Crippen LogP contribution < -0.4 is 10.6 Å². The first-order valence-electron chi connectivity index (χ1n) is 9.75. The number of rotatable bonds is 9. The number of allylic oxidation sites excluding steroid dienone is 2. The lowest BCUT2D eigenvalue weighted by molar-refractivity contribution is 0.883. The summed E-state index contributed by atoms with van der Waals surface area (Å²) in [6.07, 6.45) is 8.37. The summed E-state index contributed by atoms with van der Waals surface area (Å²) < 4.78 is 0. The van der Waals surface area contributed by atoms with Crippen LogP contribution in [0, 0.1) is 11.3 Å². The third-order valence-corrected chi connectivity index (χ3v) is 4.73. The Labute approximate surface area is 161 Å². The molecule has 0 aromatic carbocycles. The van der Waals surface area contributed by atoms with Crippen LogP contribution in [0.4, 0.5) is 11.5 Å². The fourth-order valence-electron chi connectivity index (χ4n) is 3.16. The van der Waals surface area contributed by atoms with Crippen LogP contribution in [-0.4, -0.2) is 22.2 Å². The summed E-state index contributed by atoms with van der Waals surface area (Å²) in [5, 5.41) is 15.1. The molecule has 0 spiro atoms. The molecule has 0 amide bonds. The molecule has 5 nitrogen and oxygen atoms in total. The minimum absolute atomic E-state index is 0.517. The highest BCUT2D eigenvalue weighted by Crippen LogP contribution is 2.29. The van der Waals surface area contributed by atoms with Crippen molar-refractivity contribution < 1.29 is 0 Å². The molecule has 142 valence electrons. The summed E-state index contributed by atoms with van der Waals surface area (Å²) >= 11 is 0. The van der Waals surface area contributed by atoms with Crippen molar-refractivity contribution in [2.45, 2.75) is 46.5 Å². The molecule has 0 unspecified atom stereocenters. The number of aryl methyl sites for hydroxylation is 1. The Balaban J connectivity index is 1.78. The summed E-state index contributed by atoms with van der Waals surface area (Å²) in [7, 11) is 0. The van der Waals surface area contributed by atoms with Crippen molar-refractivity contribution >= 4 is 22.8 Å². The van der Waals surface area contributed by atoms with Gasteiger partial charge < -0.3 is 16.0 Å². The van der Waals surface area contributed by atoms with E-state index in [-0.39, 0.29) is 0 Å². The molecule has 1 saturated carbocycles. The fraction of sp³-hybridized carbons (Fsp3) is 0.409. The lowest BCUT2D eigenvalue weighted by atomic mass is 10.0. The number of aromatic nitrogens is 2. The zero-order valence-electron chi connectivity index (χ0n) is 16.5. The van der Waals surface area contributed by atoms with E-state index >= 15 is 0 Å². The molecule has 1 aliphatic carbocycles. The summed E-state index contributed by atoms with van der Waals surface area (Å²) in [5.41, 5.74) is 5.37. The van der Waals surface area contributed by atoms with Crippen molar-refractivity contribution in [2.24, 2.45) is 5.92 Å². The quantitative estimate of drug-likeness (QED) is 0.540.